The lowest BCUT2D eigenvalue weighted by molar-refractivity contribution is 0.0952. The topological polar surface area (TPSA) is 75.9 Å². The molecule has 0 unspecified atom stereocenters. The minimum Gasteiger partial charge on any atom is -0.356 e. The summed E-state index contributed by atoms with van der Waals surface area (Å²) in [6.45, 7) is 5.18. The van der Waals surface area contributed by atoms with E-state index in [2.05, 4.69) is 38.2 Å². The quantitative estimate of drug-likeness (QED) is 0.398. The van der Waals surface area contributed by atoms with Gasteiger partial charge < -0.3 is 10.2 Å². The van der Waals surface area contributed by atoms with Crippen LogP contribution < -0.4 is 10.2 Å². The Bertz CT molecular complexity index is 1030. The summed E-state index contributed by atoms with van der Waals surface area (Å²) in [6.07, 6.45) is 5.52. The van der Waals surface area contributed by atoms with Gasteiger partial charge in [0.1, 0.15) is 5.82 Å². The zero-order valence-corrected chi connectivity index (χ0v) is 19.4. The third kappa shape index (κ3) is 4.78. The largest absolute Gasteiger partial charge is 0.356 e. The molecule has 158 valence electrons. The van der Waals surface area contributed by atoms with Gasteiger partial charge in [-0.2, -0.15) is 5.10 Å². The summed E-state index contributed by atoms with van der Waals surface area (Å²) in [6, 6.07) is 7.37. The molecule has 1 fully saturated rings. The van der Waals surface area contributed by atoms with Gasteiger partial charge >= 0.3 is 0 Å². The van der Waals surface area contributed by atoms with E-state index in [1.54, 1.807) is 17.8 Å². The van der Waals surface area contributed by atoms with Gasteiger partial charge in [-0.25, -0.2) is 14.6 Å². The van der Waals surface area contributed by atoms with Crippen LogP contribution in [0.1, 0.15) is 36.5 Å². The van der Waals surface area contributed by atoms with Crippen LogP contribution in [0.5, 0.6) is 0 Å². The van der Waals surface area contributed by atoms with E-state index >= 15 is 0 Å². The van der Waals surface area contributed by atoms with Gasteiger partial charge in [-0.3, -0.25) is 4.79 Å². The van der Waals surface area contributed by atoms with Crippen molar-refractivity contribution in [1.29, 1.82) is 0 Å². The number of carbonyl (C=O) groups excluding carboxylic acids is 1. The normalized spacial score (nSPS) is 14.3. The van der Waals surface area contributed by atoms with Crippen molar-refractivity contribution in [2.24, 2.45) is 0 Å². The molecule has 1 aliphatic rings. The van der Waals surface area contributed by atoms with Crippen LogP contribution >= 0.6 is 27.7 Å². The van der Waals surface area contributed by atoms with Crippen molar-refractivity contribution in [3.63, 3.8) is 0 Å². The van der Waals surface area contributed by atoms with Crippen molar-refractivity contribution in [2.75, 3.05) is 30.3 Å². The maximum Gasteiger partial charge on any atom is 0.251 e. The molecule has 1 aliphatic heterocycles. The van der Waals surface area contributed by atoms with Crippen molar-refractivity contribution in [3.8, 4) is 0 Å². The van der Waals surface area contributed by atoms with Gasteiger partial charge in [0.2, 0.25) is 0 Å². The fraction of sp³-hybridized carbons (Fsp3) is 0.429. The molecular formula is C21H25BrN6OS. The number of amides is 1. The molecule has 1 aromatic carbocycles. The molecule has 3 aromatic rings. The lowest BCUT2D eigenvalue weighted by Crippen LogP contribution is -2.30. The highest BCUT2D eigenvalue weighted by Crippen LogP contribution is 2.29. The van der Waals surface area contributed by atoms with Gasteiger partial charge in [0.15, 0.2) is 10.8 Å². The number of thioether (sulfide) groups is 1. The number of aromatic nitrogens is 4. The van der Waals surface area contributed by atoms with Gasteiger partial charge in [-0.05, 0) is 43.2 Å². The monoisotopic (exact) mass is 488 g/mol. The molecule has 0 aliphatic carbocycles. The summed E-state index contributed by atoms with van der Waals surface area (Å²) in [7, 11) is 0. The summed E-state index contributed by atoms with van der Waals surface area (Å²) in [5.74, 6) is 1.81. The van der Waals surface area contributed by atoms with E-state index in [0.29, 0.717) is 18.7 Å². The van der Waals surface area contributed by atoms with Crippen LogP contribution in [0.4, 0.5) is 5.82 Å². The first-order valence-corrected chi connectivity index (χ1v) is 12.1. The number of nitrogens with zero attached hydrogens (tertiary/aromatic N) is 5. The number of halogens is 1. The molecule has 2 aromatic heterocycles. The Labute approximate surface area is 188 Å². The smallest absolute Gasteiger partial charge is 0.251 e. The summed E-state index contributed by atoms with van der Waals surface area (Å²) in [4.78, 5) is 24.3. The summed E-state index contributed by atoms with van der Waals surface area (Å²) in [5, 5.41) is 9.29. The average Bonchev–Trinajstić information content (AvgIpc) is 3.17. The molecule has 4 rings (SSSR count). The van der Waals surface area contributed by atoms with E-state index in [0.717, 1.165) is 45.3 Å². The fourth-order valence-electron chi connectivity index (χ4n) is 3.63. The Morgan fingerprint density at radius 3 is 2.83 bits per heavy atom. The van der Waals surface area contributed by atoms with E-state index in [-0.39, 0.29) is 5.91 Å². The van der Waals surface area contributed by atoms with Crippen LogP contribution in [-0.2, 0) is 6.54 Å². The number of hydrogen-bond acceptors (Lipinski definition) is 6. The predicted octanol–water partition coefficient (Wildman–Crippen LogP) is 4.12. The summed E-state index contributed by atoms with van der Waals surface area (Å²) < 4.78 is 2.75. The Morgan fingerprint density at radius 1 is 1.23 bits per heavy atom. The van der Waals surface area contributed by atoms with Crippen LogP contribution in [-0.4, -0.2) is 51.0 Å². The first kappa shape index (κ1) is 21.1. The number of fused-ring (bicyclic) bond motifs is 1. The second-order valence-corrected chi connectivity index (χ2v) is 9.33. The van der Waals surface area contributed by atoms with Crippen molar-refractivity contribution < 1.29 is 4.79 Å². The summed E-state index contributed by atoms with van der Waals surface area (Å²) in [5.41, 5.74) is 1.46. The molecule has 9 heteroatoms. The Hall–Kier alpha value is -2.13. The molecular weight excluding hydrogens is 464 g/mol. The van der Waals surface area contributed by atoms with Crippen LogP contribution in [0.25, 0.3) is 11.0 Å². The van der Waals surface area contributed by atoms with E-state index in [1.165, 1.54) is 19.3 Å². The number of piperidine rings is 1. The van der Waals surface area contributed by atoms with Gasteiger partial charge in [-0.15, -0.1) is 0 Å². The van der Waals surface area contributed by atoms with E-state index < -0.39 is 0 Å². The first-order chi connectivity index (χ1) is 14.7. The Morgan fingerprint density at radius 2 is 2.07 bits per heavy atom. The fourth-order valence-corrected chi connectivity index (χ4v) is 4.59. The second-order valence-electron chi connectivity index (χ2n) is 7.18. The van der Waals surface area contributed by atoms with Crippen LogP contribution in [0.2, 0.25) is 0 Å². The third-order valence-electron chi connectivity index (χ3n) is 5.08. The van der Waals surface area contributed by atoms with E-state index in [1.807, 2.05) is 29.1 Å². The van der Waals surface area contributed by atoms with Gasteiger partial charge in [-0.1, -0.05) is 40.7 Å². The maximum absolute atomic E-state index is 12.4. The third-order valence-corrected chi connectivity index (χ3v) is 6.30. The van der Waals surface area contributed by atoms with E-state index in [4.69, 9.17) is 9.97 Å². The molecule has 0 bridgehead atoms. The minimum atomic E-state index is -0.0985. The first-order valence-electron chi connectivity index (χ1n) is 10.3. The molecule has 0 saturated carbocycles. The van der Waals surface area contributed by atoms with Gasteiger partial charge in [0, 0.05) is 29.7 Å². The highest BCUT2D eigenvalue weighted by atomic mass is 79.9. The van der Waals surface area contributed by atoms with E-state index in [9.17, 15) is 4.79 Å². The summed E-state index contributed by atoms with van der Waals surface area (Å²) >= 11 is 5.05. The van der Waals surface area contributed by atoms with Crippen LogP contribution in [0.3, 0.4) is 0 Å². The number of carbonyl (C=O) groups is 1. The number of benzene rings is 1. The molecule has 30 heavy (non-hydrogen) atoms. The molecule has 0 spiro atoms. The number of hydrogen-bond donors (Lipinski definition) is 1. The highest BCUT2D eigenvalue weighted by molar-refractivity contribution is 9.10. The molecule has 1 N–H and O–H groups in total. The predicted molar refractivity (Wildman–Crippen MR) is 124 cm³/mol. The van der Waals surface area contributed by atoms with Crippen molar-refractivity contribution in [3.05, 3.63) is 40.5 Å². The lowest BCUT2D eigenvalue weighted by Gasteiger charge is -2.28. The Balaban J connectivity index is 1.52. The number of rotatable bonds is 7. The molecule has 0 atom stereocenters. The molecule has 1 amide bonds. The van der Waals surface area contributed by atoms with Crippen molar-refractivity contribution in [1.82, 2.24) is 25.1 Å². The molecule has 3 heterocycles. The minimum absolute atomic E-state index is 0.0985. The standard InChI is InChI=1S/C21H25BrN6OS/c1-2-30-21-25-18(27-10-4-3-5-11-27)17-14-24-28(19(17)26-21)12-9-23-20(29)15-7-6-8-16(22)13-15/h6-8,13-14H,2-5,9-12H2,1H3,(H,23,29). The molecule has 7 nitrogen and oxygen atoms in total. The second kappa shape index (κ2) is 9.78. The maximum atomic E-state index is 12.4. The number of anilines is 1. The molecule has 1 saturated heterocycles. The van der Waals surface area contributed by atoms with Gasteiger partial charge in [0.25, 0.3) is 5.91 Å². The zero-order chi connectivity index (χ0) is 20.9. The lowest BCUT2D eigenvalue weighted by atomic mass is 10.1. The zero-order valence-electron chi connectivity index (χ0n) is 17.0. The SMILES string of the molecule is CCSc1nc(N2CCCCC2)c2cnn(CCNC(=O)c3cccc(Br)c3)c2n1. The van der Waals surface area contributed by atoms with Crippen LogP contribution in [0, 0.1) is 0 Å². The highest BCUT2D eigenvalue weighted by Gasteiger charge is 2.20. The van der Waals surface area contributed by atoms with Crippen molar-refractivity contribution >= 4 is 50.5 Å². The average molecular weight is 489 g/mol. The Kier molecular flexibility index (Phi) is 6.89. The molecule has 0 radical (unpaired) electrons. The number of nitrogens with one attached hydrogen (secondary N) is 1. The van der Waals surface area contributed by atoms with Gasteiger partial charge in [0.05, 0.1) is 18.1 Å². The van der Waals surface area contributed by atoms with Crippen LogP contribution in [0.15, 0.2) is 40.1 Å². The van der Waals surface area contributed by atoms with Crippen molar-refractivity contribution in [2.45, 2.75) is 37.9 Å².